The minimum atomic E-state index is -0.620. The summed E-state index contributed by atoms with van der Waals surface area (Å²) in [6, 6.07) is 25.8. The number of hydrogen-bond acceptors (Lipinski definition) is 6. The fourth-order valence-electron chi connectivity index (χ4n) is 5.51. The second-order valence-electron chi connectivity index (χ2n) is 9.55. The highest BCUT2D eigenvalue weighted by molar-refractivity contribution is 6.20. The van der Waals surface area contributed by atoms with Crippen LogP contribution in [0.4, 0.5) is 11.4 Å². The zero-order valence-corrected chi connectivity index (χ0v) is 20.3. The molecule has 1 unspecified atom stereocenters. The number of fused-ring (bicyclic) bond motifs is 3. The Balaban J connectivity index is 1.62. The molecule has 7 heteroatoms. The first-order valence-corrected chi connectivity index (χ1v) is 12.3. The van der Waals surface area contributed by atoms with Crippen LogP contribution < -0.4 is 33.4 Å². The number of nitrogens with two attached hydrogens (primary N) is 2. The van der Waals surface area contributed by atoms with E-state index in [1.807, 2.05) is 60.7 Å². The Morgan fingerprint density at radius 2 is 1.03 bits per heavy atom. The largest absolute Gasteiger partial charge is 0.397 e. The Kier molecular flexibility index (Phi) is 5.42. The molecule has 0 aliphatic carbocycles. The van der Waals surface area contributed by atoms with E-state index in [9.17, 15) is 19.2 Å². The van der Waals surface area contributed by atoms with E-state index in [1.165, 1.54) is 12.1 Å². The first-order valence-electron chi connectivity index (χ1n) is 12.3. The van der Waals surface area contributed by atoms with Crippen molar-refractivity contribution in [1.82, 2.24) is 4.57 Å². The molecule has 0 fully saturated rings. The number of hydrogen-bond donors (Lipinski definition) is 2. The van der Waals surface area contributed by atoms with E-state index in [4.69, 9.17) is 11.5 Å². The second kappa shape index (κ2) is 8.81. The van der Waals surface area contributed by atoms with E-state index in [0.29, 0.717) is 6.42 Å². The lowest BCUT2D eigenvalue weighted by Crippen LogP contribution is -2.29. The summed E-state index contributed by atoms with van der Waals surface area (Å²) in [4.78, 5) is 54.1. The van der Waals surface area contributed by atoms with Crippen molar-refractivity contribution in [2.45, 2.75) is 18.9 Å². The average Bonchev–Trinajstić information content (AvgIpc) is 3.19. The van der Waals surface area contributed by atoms with Crippen molar-refractivity contribution in [3.63, 3.8) is 0 Å². The molecule has 1 aromatic heterocycles. The monoisotopic (exact) mass is 501 g/mol. The van der Waals surface area contributed by atoms with Crippen molar-refractivity contribution in [3.8, 4) is 0 Å². The third kappa shape index (κ3) is 3.43. The lowest BCUT2D eigenvalue weighted by molar-refractivity contribution is 0.540. The zero-order valence-electron chi connectivity index (χ0n) is 20.3. The lowest BCUT2D eigenvalue weighted by Gasteiger charge is -2.18. The molecule has 0 aliphatic heterocycles. The Bertz CT molecular complexity index is 1970. The number of benzene rings is 5. The average molecular weight is 502 g/mol. The zero-order chi connectivity index (χ0) is 26.6. The highest BCUT2D eigenvalue weighted by Gasteiger charge is 2.26. The minimum absolute atomic E-state index is 0.0803. The Morgan fingerprint density at radius 3 is 1.53 bits per heavy atom. The van der Waals surface area contributed by atoms with E-state index in [0.717, 1.165) is 15.7 Å². The van der Waals surface area contributed by atoms with Gasteiger partial charge in [0.2, 0.25) is 0 Å². The third-order valence-electron chi connectivity index (χ3n) is 7.36. The van der Waals surface area contributed by atoms with Crippen molar-refractivity contribution < 1.29 is 0 Å². The molecule has 0 aliphatic rings. The highest BCUT2D eigenvalue weighted by Crippen LogP contribution is 2.32. The summed E-state index contributed by atoms with van der Waals surface area (Å²) < 4.78 is 1.13. The molecule has 6 rings (SSSR count). The Labute approximate surface area is 215 Å². The fourth-order valence-corrected chi connectivity index (χ4v) is 5.51. The maximum absolute atomic E-state index is 13.7. The molecule has 7 nitrogen and oxygen atoms in total. The molecule has 4 N–H and O–H groups in total. The molecule has 38 heavy (non-hydrogen) atoms. The summed E-state index contributed by atoms with van der Waals surface area (Å²) in [5, 5.41) is -0.0707. The van der Waals surface area contributed by atoms with Crippen LogP contribution in [0, 0.1) is 0 Å². The molecular weight excluding hydrogens is 478 g/mol. The van der Waals surface area contributed by atoms with Crippen LogP contribution in [0.3, 0.4) is 0 Å². The van der Waals surface area contributed by atoms with Gasteiger partial charge in [0, 0.05) is 23.2 Å². The third-order valence-corrected chi connectivity index (χ3v) is 7.36. The van der Waals surface area contributed by atoms with Gasteiger partial charge < -0.3 is 11.5 Å². The standard InChI is InChI=1S/C31H23N3O4/c32-26-22-23(29(36)21-14-8-7-13-20(21)28(22)35)27(33)25-24(26)30(37)34(31(25)38)16-19(18-11-5-2-6-12-18)15-17-9-3-1-4-10-17/h1-14,19H,15-16,32-33H2. The molecule has 5 aromatic carbocycles. The molecule has 186 valence electrons. The molecule has 0 saturated carbocycles. The van der Waals surface area contributed by atoms with Gasteiger partial charge in [-0.25, -0.2) is 0 Å². The molecule has 1 heterocycles. The number of nitrogens with zero attached hydrogens (tertiary/aromatic N) is 1. The SMILES string of the molecule is Nc1c2c(=O)c3ccccc3c(=O)c2c(N)c2c(=O)n(CC(Cc3ccccc3)c3ccccc3)c(=O)c12. The van der Waals surface area contributed by atoms with Gasteiger partial charge in [0.15, 0.2) is 10.9 Å². The normalized spacial score (nSPS) is 12.4. The van der Waals surface area contributed by atoms with E-state index >= 15 is 0 Å². The predicted octanol–water partition coefficient (Wildman–Crippen LogP) is 3.46. The van der Waals surface area contributed by atoms with E-state index in [1.54, 1.807) is 12.1 Å². The molecule has 1 atom stereocenters. The maximum atomic E-state index is 13.7. The number of nitrogen functional groups attached to an aromatic ring is 2. The van der Waals surface area contributed by atoms with Crippen LogP contribution in [0.15, 0.2) is 104 Å². The van der Waals surface area contributed by atoms with Crippen LogP contribution in [0.25, 0.3) is 32.3 Å². The van der Waals surface area contributed by atoms with Gasteiger partial charge >= 0.3 is 0 Å². The molecule has 0 bridgehead atoms. The van der Waals surface area contributed by atoms with E-state index in [-0.39, 0.29) is 56.2 Å². The quantitative estimate of drug-likeness (QED) is 0.212. The molecule has 0 saturated heterocycles. The van der Waals surface area contributed by atoms with Gasteiger partial charge in [-0.2, -0.15) is 0 Å². The van der Waals surface area contributed by atoms with Crippen LogP contribution in [-0.2, 0) is 13.0 Å². The molecule has 6 aromatic rings. The van der Waals surface area contributed by atoms with Gasteiger partial charge in [0.25, 0.3) is 11.1 Å². The maximum Gasteiger partial charge on any atom is 0.263 e. The van der Waals surface area contributed by atoms with Crippen molar-refractivity contribution in [2.24, 2.45) is 0 Å². The first-order chi connectivity index (χ1) is 18.4. The summed E-state index contributed by atoms with van der Waals surface area (Å²) in [7, 11) is 0. The molecule has 0 spiro atoms. The van der Waals surface area contributed by atoms with Gasteiger partial charge in [-0.15, -0.1) is 0 Å². The summed E-state index contributed by atoms with van der Waals surface area (Å²) in [6.07, 6.45) is 0.589. The lowest BCUT2D eigenvalue weighted by atomic mass is 9.92. The summed E-state index contributed by atoms with van der Waals surface area (Å²) in [5.74, 6) is -0.203. The van der Waals surface area contributed by atoms with Crippen LogP contribution in [-0.4, -0.2) is 4.57 Å². The van der Waals surface area contributed by atoms with Crippen molar-refractivity contribution in [1.29, 1.82) is 0 Å². The van der Waals surface area contributed by atoms with Crippen LogP contribution in [0.1, 0.15) is 17.0 Å². The summed E-state index contributed by atoms with van der Waals surface area (Å²) in [6.45, 7) is 0.0803. The highest BCUT2D eigenvalue weighted by atomic mass is 16.2. The van der Waals surface area contributed by atoms with Crippen LogP contribution >= 0.6 is 0 Å². The topological polar surface area (TPSA) is 125 Å². The van der Waals surface area contributed by atoms with Crippen LogP contribution in [0.2, 0.25) is 0 Å². The van der Waals surface area contributed by atoms with Gasteiger partial charge in [0.05, 0.1) is 32.9 Å². The van der Waals surface area contributed by atoms with E-state index < -0.39 is 22.0 Å². The first kappa shape index (κ1) is 23.4. The van der Waals surface area contributed by atoms with Crippen molar-refractivity contribution in [2.75, 3.05) is 11.5 Å². The molecule has 0 amide bonds. The Hall–Kier alpha value is -5.04. The minimum Gasteiger partial charge on any atom is -0.397 e. The smallest absolute Gasteiger partial charge is 0.263 e. The van der Waals surface area contributed by atoms with Crippen LogP contribution in [0.5, 0.6) is 0 Å². The van der Waals surface area contributed by atoms with Crippen molar-refractivity contribution in [3.05, 3.63) is 137 Å². The number of aromatic nitrogens is 1. The van der Waals surface area contributed by atoms with Gasteiger partial charge in [0.1, 0.15) is 0 Å². The fraction of sp³-hybridized carbons (Fsp3) is 0.0968. The Morgan fingerprint density at radius 1 is 0.579 bits per heavy atom. The number of anilines is 2. The second-order valence-corrected chi connectivity index (χ2v) is 9.55. The molecular formula is C31H23N3O4. The van der Waals surface area contributed by atoms with Gasteiger partial charge in [-0.3, -0.25) is 23.7 Å². The summed E-state index contributed by atoms with van der Waals surface area (Å²) in [5.41, 5.74) is 12.2. The van der Waals surface area contributed by atoms with E-state index in [2.05, 4.69) is 0 Å². The van der Waals surface area contributed by atoms with Gasteiger partial charge in [-0.05, 0) is 17.5 Å². The van der Waals surface area contributed by atoms with Crippen molar-refractivity contribution >= 4 is 43.7 Å². The predicted molar refractivity (Wildman–Crippen MR) is 153 cm³/mol. The number of rotatable bonds is 5. The molecule has 0 radical (unpaired) electrons. The summed E-state index contributed by atoms with van der Waals surface area (Å²) >= 11 is 0. The van der Waals surface area contributed by atoms with Gasteiger partial charge in [-0.1, -0.05) is 84.9 Å².